The van der Waals surface area contributed by atoms with E-state index < -0.39 is 0 Å². The summed E-state index contributed by atoms with van der Waals surface area (Å²) in [4.78, 5) is 4.38. The first kappa shape index (κ1) is 14.1. The molecule has 0 saturated carbocycles. The molecule has 0 spiro atoms. The van der Waals surface area contributed by atoms with Gasteiger partial charge in [0, 0.05) is 38.1 Å². The zero-order chi connectivity index (χ0) is 12.3. The van der Waals surface area contributed by atoms with Crippen molar-refractivity contribution in [3.63, 3.8) is 0 Å². The minimum absolute atomic E-state index is 0.514. The molecule has 1 aromatic heterocycles. The Kier molecular flexibility index (Phi) is 7.60. The summed E-state index contributed by atoms with van der Waals surface area (Å²) in [5.74, 6) is 0. The van der Waals surface area contributed by atoms with Gasteiger partial charge in [-0.05, 0) is 37.9 Å². The minimum atomic E-state index is 0.514. The Morgan fingerprint density at radius 2 is 2.29 bits per heavy atom. The van der Waals surface area contributed by atoms with Crippen molar-refractivity contribution in [2.45, 2.75) is 38.6 Å². The molecule has 0 saturated heterocycles. The predicted molar refractivity (Wildman–Crippen MR) is 71.1 cm³/mol. The Hall–Kier alpha value is -0.930. The van der Waals surface area contributed by atoms with Gasteiger partial charge >= 0.3 is 0 Å². The lowest BCUT2D eigenvalue weighted by molar-refractivity contribution is 0.188. The third-order valence-electron chi connectivity index (χ3n) is 2.77. The number of nitrogens with one attached hydrogen (secondary N) is 1. The Balaban J connectivity index is 2.39. The van der Waals surface area contributed by atoms with Crippen LogP contribution in [0, 0.1) is 0 Å². The topological polar surface area (TPSA) is 34.1 Å². The van der Waals surface area contributed by atoms with Crippen LogP contribution in [0.15, 0.2) is 24.4 Å². The van der Waals surface area contributed by atoms with E-state index in [0.717, 1.165) is 32.4 Å². The maximum atomic E-state index is 5.10. The molecule has 0 aliphatic heterocycles. The lowest BCUT2D eigenvalue weighted by Gasteiger charge is -2.17. The molecule has 1 heterocycles. The van der Waals surface area contributed by atoms with Crippen molar-refractivity contribution >= 4 is 0 Å². The largest absolute Gasteiger partial charge is 0.385 e. The summed E-state index contributed by atoms with van der Waals surface area (Å²) in [6, 6.07) is 6.62. The second kappa shape index (κ2) is 9.14. The molecule has 1 aromatic rings. The highest BCUT2D eigenvalue weighted by molar-refractivity contribution is 5.05. The van der Waals surface area contributed by atoms with E-state index in [1.807, 2.05) is 18.3 Å². The van der Waals surface area contributed by atoms with Crippen LogP contribution in [0.25, 0.3) is 0 Å². The number of nitrogens with zero attached hydrogens (tertiary/aromatic N) is 1. The van der Waals surface area contributed by atoms with Gasteiger partial charge in [0.15, 0.2) is 0 Å². The highest BCUT2D eigenvalue weighted by Crippen LogP contribution is 2.05. The number of hydrogen-bond donors (Lipinski definition) is 1. The van der Waals surface area contributed by atoms with Crippen LogP contribution >= 0.6 is 0 Å². The van der Waals surface area contributed by atoms with Crippen LogP contribution in [-0.4, -0.2) is 31.3 Å². The molecule has 0 radical (unpaired) electrons. The summed E-state index contributed by atoms with van der Waals surface area (Å²) >= 11 is 0. The fourth-order valence-electron chi connectivity index (χ4n) is 1.87. The van der Waals surface area contributed by atoms with E-state index in [9.17, 15) is 0 Å². The van der Waals surface area contributed by atoms with Crippen LogP contribution in [0.3, 0.4) is 0 Å². The van der Waals surface area contributed by atoms with E-state index in [4.69, 9.17) is 4.74 Å². The molecule has 0 aromatic carbocycles. The molecule has 1 rings (SSSR count). The van der Waals surface area contributed by atoms with Gasteiger partial charge in [-0.15, -0.1) is 0 Å². The van der Waals surface area contributed by atoms with Crippen molar-refractivity contribution in [2.24, 2.45) is 0 Å². The predicted octanol–water partition coefficient (Wildman–Crippen LogP) is 2.42. The number of methoxy groups -OCH3 is 1. The average molecular weight is 236 g/mol. The number of aromatic nitrogens is 1. The third-order valence-corrected chi connectivity index (χ3v) is 2.77. The molecule has 17 heavy (non-hydrogen) atoms. The minimum Gasteiger partial charge on any atom is -0.385 e. The summed E-state index contributed by atoms with van der Waals surface area (Å²) in [6.07, 6.45) is 6.28. The molecule has 0 aliphatic rings. The quantitative estimate of drug-likeness (QED) is 0.669. The van der Waals surface area contributed by atoms with Crippen molar-refractivity contribution in [1.82, 2.24) is 10.3 Å². The fourth-order valence-corrected chi connectivity index (χ4v) is 1.87. The first-order valence-corrected chi connectivity index (χ1v) is 6.49. The van der Waals surface area contributed by atoms with E-state index in [0.29, 0.717) is 6.04 Å². The third kappa shape index (κ3) is 6.39. The van der Waals surface area contributed by atoms with Gasteiger partial charge in [-0.25, -0.2) is 0 Å². The van der Waals surface area contributed by atoms with Crippen LogP contribution in [0.2, 0.25) is 0 Å². The molecule has 1 unspecified atom stereocenters. The Morgan fingerprint density at radius 1 is 1.41 bits per heavy atom. The van der Waals surface area contributed by atoms with E-state index >= 15 is 0 Å². The van der Waals surface area contributed by atoms with Crippen molar-refractivity contribution in [3.05, 3.63) is 30.1 Å². The van der Waals surface area contributed by atoms with Crippen molar-refractivity contribution in [1.29, 1.82) is 0 Å². The average Bonchev–Trinajstić information content (AvgIpc) is 2.37. The summed E-state index contributed by atoms with van der Waals surface area (Å²) < 4.78 is 5.10. The summed E-state index contributed by atoms with van der Waals surface area (Å²) in [7, 11) is 1.76. The van der Waals surface area contributed by atoms with E-state index in [1.54, 1.807) is 7.11 Å². The molecule has 0 fully saturated rings. The number of hydrogen-bond acceptors (Lipinski definition) is 3. The molecule has 1 N–H and O–H groups in total. The smallest absolute Gasteiger partial charge is 0.0462 e. The first-order chi connectivity index (χ1) is 8.36. The summed E-state index contributed by atoms with van der Waals surface area (Å²) in [5.41, 5.74) is 1.17. The van der Waals surface area contributed by atoms with Crippen LogP contribution in [0.5, 0.6) is 0 Å². The SMILES string of the molecule is CCCNC(CCCOC)Cc1ccccn1. The molecule has 3 heteroatoms. The Bertz CT molecular complexity index is 277. The van der Waals surface area contributed by atoms with Gasteiger partial charge < -0.3 is 10.1 Å². The van der Waals surface area contributed by atoms with Crippen molar-refractivity contribution in [2.75, 3.05) is 20.3 Å². The maximum absolute atomic E-state index is 5.10. The van der Waals surface area contributed by atoms with E-state index in [1.165, 1.54) is 12.1 Å². The molecular weight excluding hydrogens is 212 g/mol. The fraction of sp³-hybridized carbons (Fsp3) is 0.643. The van der Waals surface area contributed by atoms with Gasteiger partial charge in [0.25, 0.3) is 0 Å². The van der Waals surface area contributed by atoms with Gasteiger partial charge in [0.05, 0.1) is 0 Å². The maximum Gasteiger partial charge on any atom is 0.0462 e. The van der Waals surface area contributed by atoms with E-state index in [-0.39, 0.29) is 0 Å². The van der Waals surface area contributed by atoms with Crippen molar-refractivity contribution in [3.8, 4) is 0 Å². The van der Waals surface area contributed by atoms with Gasteiger partial charge in [-0.3, -0.25) is 4.98 Å². The zero-order valence-corrected chi connectivity index (χ0v) is 11.0. The van der Waals surface area contributed by atoms with Gasteiger partial charge in [0.2, 0.25) is 0 Å². The monoisotopic (exact) mass is 236 g/mol. The molecular formula is C14H24N2O. The highest BCUT2D eigenvalue weighted by atomic mass is 16.5. The van der Waals surface area contributed by atoms with Crippen molar-refractivity contribution < 1.29 is 4.74 Å². The Labute approximate surface area is 105 Å². The second-order valence-corrected chi connectivity index (χ2v) is 4.31. The molecule has 0 amide bonds. The molecule has 1 atom stereocenters. The standard InChI is InChI=1S/C14H24N2O/c1-3-9-15-14(8-6-11-17-2)12-13-7-4-5-10-16-13/h4-5,7,10,14-15H,3,6,8-9,11-12H2,1-2H3. The summed E-state index contributed by atoms with van der Waals surface area (Å²) in [6.45, 7) is 4.11. The van der Waals surface area contributed by atoms with E-state index in [2.05, 4.69) is 23.3 Å². The zero-order valence-electron chi connectivity index (χ0n) is 11.0. The van der Waals surface area contributed by atoms with Gasteiger partial charge in [-0.1, -0.05) is 13.0 Å². The van der Waals surface area contributed by atoms with Crippen LogP contribution in [0.1, 0.15) is 31.9 Å². The molecule has 0 bridgehead atoms. The van der Waals surface area contributed by atoms with Crippen LogP contribution in [0.4, 0.5) is 0 Å². The normalized spacial score (nSPS) is 12.6. The Morgan fingerprint density at radius 3 is 2.94 bits per heavy atom. The molecule has 3 nitrogen and oxygen atoms in total. The van der Waals surface area contributed by atoms with Gasteiger partial charge in [-0.2, -0.15) is 0 Å². The number of ether oxygens (including phenoxy) is 1. The number of pyridine rings is 1. The molecule has 0 aliphatic carbocycles. The van der Waals surface area contributed by atoms with Crippen LogP contribution in [-0.2, 0) is 11.2 Å². The van der Waals surface area contributed by atoms with Gasteiger partial charge in [0.1, 0.15) is 0 Å². The number of rotatable bonds is 9. The second-order valence-electron chi connectivity index (χ2n) is 4.31. The lowest BCUT2D eigenvalue weighted by Crippen LogP contribution is -2.32. The highest BCUT2D eigenvalue weighted by Gasteiger charge is 2.08. The lowest BCUT2D eigenvalue weighted by atomic mass is 10.1. The molecule has 96 valence electrons. The first-order valence-electron chi connectivity index (χ1n) is 6.49. The summed E-state index contributed by atoms with van der Waals surface area (Å²) in [5, 5.41) is 3.58. The van der Waals surface area contributed by atoms with Crippen LogP contribution < -0.4 is 5.32 Å².